The van der Waals surface area contributed by atoms with Gasteiger partial charge in [0.05, 0.1) is 5.75 Å². The Kier molecular flexibility index (Phi) is 7.35. The maximum absolute atomic E-state index is 12.6. The largest absolute Gasteiger partial charge is 0.287 e. The van der Waals surface area contributed by atoms with Crippen molar-refractivity contribution in [2.45, 2.75) is 64.2 Å². The molecule has 0 fully saturated rings. The maximum Gasteiger partial charge on any atom is 0.232 e. The number of hydrogen-bond acceptors (Lipinski definition) is 2. The number of nitrogens with one attached hydrogen (secondary N) is 1. The second-order valence-electron chi connectivity index (χ2n) is 8.14. The van der Waals surface area contributed by atoms with Crippen molar-refractivity contribution in [1.82, 2.24) is 4.72 Å². The predicted molar refractivity (Wildman–Crippen MR) is 113 cm³/mol. The molecule has 0 radical (unpaired) electrons. The van der Waals surface area contributed by atoms with Crippen molar-refractivity contribution in [3.05, 3.63) is 45.6 Å². The van der Waals surface area contributed by atoms with Gasteiger partial charge in [0.25, 0.3) is 0 Å². The van der Waals surface area contributed by atoms with Crippen LogP contribution in [0, 0.1) is 0 Å². The molecule has 3 nitrogen and oxygen atoms in total. The standard InChI is InChI=1S/C19H30BrNO2SSi/c1-25(2,3)14-13-24(22,23)21-19-12-6-4-5-10-17(19)15-16-9-7-8-11-18(16)20/h7-9,11,21H,4-6,10,12-15H2,1-3H3. The molecule has 1 aromatic rings. The van der Waals surface area contributed by atoms with Crippen LogP contribution in [-0.2, 0) is 16.4 Å². The molecule has 0 bridgehead atoms. The molecule has 1 N–H and O–H groups in total. The molecule has 0 saturated carbocycles. The van der Waals surface area contributed by atoms with Gasteiger partial charge in [0.2, 0.25) is 10.0 Å². The molecular formula is C19H30BrNO2SSi. The minimum atomic E-state index is -3.25. The van der Waals surface area contributed by atoms with Gasteiger partial charge >= 0.3 is 0 Å². The molecule has 0 amide bonds. The van der Waals surface area contributed by atoms with Crippen molar-refractivity contribution in [2.75, 3.05) is 5.75 Å². The molecule has 2 rings (SSSR count). The summed E-state index contributed by atoms with van der Waals surface area (Å²) in [6.45, 7) is 6.64. The highest BCUT2D eigenvalue weighted by atomic mass is 79.9. The lowest BCUT2D eigenvalue weighted by molar-refractivity contribution is 0.586. The van der Waals surface area contributed by atoms with Gasteiger partial charge in [-0.1, -0.05) is 60.2 Å². The molecule has 25 heavy (non-hydrogen) atoms. The Hall–Kier alpha value is -0.593. The number of hydrogen-bond donors (Lipinski definition) is 1. The van der Waals surface area contributed by atoms with E-state index in [1.807, 2.05) is 18.2 Å². The van der Waals surface area contributed by atoms with Gasteiger partial charge in [-0.25, -0.2) is 8.42 Å². The van der Waals surface area contributed by atoms with Crippen LogP contribution in [0.5, 0.6) is 0 Å². The van der Waals surface area contributed by atoms with Gasteiger partial charge < -0.3 is 0 Å². The summed E-state index contributed by atoms with van der Waals surface area (Å²) in [5.74, 6) is 0.245. The van der Waals surface area contributed by atoms with E-state index in [4.69, 9.17) is 0 Å². The number of sulfonamides is 1. The quantitative estimate of drug-likeness (QED) is 0.567. The van der Waals surface area contributed by atoms with E-state index in [1.165, 1.54) is 17.6 Å². The summed E-state index contributed by atoms with van der Waals surface area (Å²) in [7, 11) is -4.62. The van der Waals surface area contributed by atoms with Crippen molar-refractivity contribution in [3.63, 3.8) is 0 Å². The lowest BCUT2D eigenvalue weighted by Gasteiger charge is -2.19. The first-order valence-electron chi connectivity index (χ1n) is 9.11. The Morgan fingerprint density at radius 3 is 2.44 bits per heavy atom. The fraction of sp³-hybridized carbons (Fsp3) is 0.579. The molecule has 1 aliphatic rings. The highest BCUT2D eigenvalue weighted by molar-refractivity contribution is 9.10. The molecule has 0 aromatic heterocycles. The highest BCUT2D eigenvalue weighted by Crippen LogP contribution is 2.28. The molecule has 1 aliphatic carbocycles. The smallest absolute Gasteiger partial charge is 0.232 e. The molecule has 0 saturated heterocycles. The molecule has 0 aliphatic heterocycles. The first kappa shape index (κ1) is 20.7. The average Bonchev–Trinajstić information content (AvgIpc) is 2.72. The van der Waals surface area contributed by atoms with Crippen LogP contribution in [0.15, 0.2) is 40.0 Å². The Morgan fingerprint density at radius 1 is 1.08 bits per heavy atom. The van der Waals surface area contributed by atoms with Crippen LogP contribution in [0.4, 0.5) is 0 Å². The summed E-state index contributed by atoms with van der Waals surface area (Å²) in [4.78, 5) is 0. The van der Waals surface area contributed by atoms with E-state index in [-0.39, 0.29) is 5.75 Å². The van der Waals surface area contributed by atoms with Crippen LogP contribution >= 0.6 is 15.9 Å². The Morgan fingerprint density at radius 2 is 1.76 bits per heavy atom. The summed E-state index contributed by atoms with van der Waals surface area (Å²) in [6, 6.07) is 9.00. The van der Waals surface area contributed by atoms with Gasteiger partial charge in [0.15, 0.2) is 0 Å². The first-order chi connectivity index (χ1) is 11.7. The number of benzene rings is 1. The van der Waals surface area contributed by atoms with E-state index in [9.17, 15) is 8.42 Å². The Labute approximate surface area is 162 Å². The minimum Gasteiger partial charge on any atom is -0.287 e. The van der Waals surface area contributed by atoms with Gasteiger partial charge in [-0.2, -0.15) is 0 Å². The SMILES string of the molecule is C[Si](C)(C)CCS(=O)(=O)NC1=C(Cc2ccccc2Br)CCCCC1. The summed E-state index contributed by atoms with van der Waals surface area (Å²) >= 11 is 3.61. The average molecular weight is 445 g/mol. The first-order valence-corrected chi connectivity index (χ1v) is 15.3. The van der Waals surface area contributed by atoms with Crippen molar-refractivity contribution in [2.24, 2.45) is 0 Å². The fourth-order valence-electron chi connectivity index (χ4n) is 3.01. The fourth-order valence-corrected chi connectivity index (χ4v) is 7.69. The third kappa shape index (κ3) is 7.27. The minimum absolute atomic E-state index is 0.245. The van der Waals surface area contributed by atoms with E-state index in [0.717, 1.165) is 48.3 Å². The predicted octanol–water partition coefficient (Wildman–Crippen LogP) is 5.47. The van der Waals surface area contributed by atoms with Gasteiger partial charge in [0, 0.05) is 18.2 Å². The zero-order valence-electron chi connectivity index (χ0n) is 15.6. The van der Waals surface area contributed by atoms with Gasteiger partial charge in [-0.05, 0) is 55.4 Å². The molecular weight excluding hydrogens is 414 g/mol. The zero-order chi connectivity index (χ0) is 18.5. The molecule has 0 spiro atoms. The Balaban J connectivity index is 2.20. The topological polar surface area (TPSA) is 46.2 Å². The normalized spacial score (nSPS) is 16.6. The lowest BCUT2D eigenvalue weighted by atomic mass is 10.00. The molecule has 140 valence electrons. The second kappa shape index (κ2) is 8.87. The van der Waals surface area contributed by atoms with Crippen LogP contribution in [0.25, 0.3) is 0 Å². The van der Waals surface area contributed by atoms with Gasteiger partial charge in [-0.3, -0.25) is 4.72 Å². The molecule has 0 atom stereocenters. The summed E-state index contributed by atoms with van der Waals surface area (Å²) in [6.07, 6.45) is 6.00. The molecule has 0 unspecified atom stereocenters. The van der Waals surface area contributed by atoms with E-state index in [1.54, 1.807) is 0 Å². The van der Waals surface area contributed by atoms with E-state index >= 15 is 0 Å². The van der Waals surface area contributed by atoms with E-state index < -0.39 is 18.1 Å². The zero-order valence-corrected chi connectivity index (χ0v) is 19.0. The van der Waals surface area contributed by atoms with Crippen molar-refractivity contribution >= 4 is 34.0 Å². The molecule has 0 heterocycles. The Bertz CT molecular complexity index is 723. The molecule has 6 heteroatoms. The summed E-state index contributed by atoms with van der Waals surface area (Å²) in [5, 5.41) is 0. The van der Waals surface area contributed by atoms with Gasteiger partial charge in [0.1, 0.15) is 0 Å². The molecule has 1 aromatic carbocycles. The van der Waals surface area contributed by atoms with Crippen LogP contribution in [0.2, 0.25) is 25.7 Å². The van der Waals surface area contributed by atoms with E-state index in [2.05, 4.69) is 46.4 Å². The van der Waals surface area contributed by atoms with Gasteiger partial charge in [-0.15, -0.1) is 0 Å². The van der Waals surface area contributed by atoms with Crippen molar-refractivity contribution < 1.29 is 8.42 Å². The maximum atomic E-state index is 12.6. The summed E-state index contributed by atoms with van der Waals surface area (Å²) in [5.41, 5.74) is 3.42. The highest BCUT2D eigenvalue weighted by Gasteiger charge is 2.21. The number of rotatable bonds is 7. The van der Waals surface area contributed by atoms with E-state index in [0.29, 0.717) is 0 Å². The third-order valence-corrected chi connectivity index (χ3v) is 8.78. The van der Waals surface area contributed by atoms with Crippen LogP contribution in [-0.4, -0.2) is 22.2 Å². The van der Waals surface area contributed by atoms with Crippen LogP contribution in [0.1, 0.15) is 37.7 Å². The van der Waals surface area contributed by atoms with Crippen molar-refractivity contribution in [3.8, 4) is 0 Å². The van der Waals surface area contributed by atoms with Crippen LogP contribution < -0.4 is 4.72 Å². The lowest BCUT2D eigenvalue weighted by Crippen LogP contribution is -2.31. The second-order valence-corrected chi connectivity index (χ2v) is 16.5. The monoisotopic (exact) mass is 443 g/mol. The third-order valence-electron chi connectivity index (χ3n) is 4.59. The summed E-state index contributed by atoms with van der Waals surface area (Å²) < 4.78 is 29.2. The number of allylic oxidation sites excluding steroid dienone is 2. The number of halogens is 1. The van der Waals surface area contributed by atoms with Crippen LogP contribution in [0.3, 0.4) is 0 Å². The van der Waals surface area contributed by atoms with Crippen molar-refractivity contribution in [1.29, 1.82) is 0 Å².